The van der Waals surface area contributed by atoms with Gasteiger partial charge in [0.25, 0.3) is 0 Å². The maximum atomic E-state index is 8.83. The lowest BCUT2D eigenvalue weighted by atomic mass is 10.1. The number of ether oxygens (including phenoxy) is 1. The van der Waals surface area contributed by atoms with Crippen molar-refractivity contribution in [3.05, 3.63) is 41.9 Å². The number of nitrogens with one attached hydrogen (secondary N) is 1. The summed E-state index contributed by atoms with van der Waals surface area (Å²) >= 11 is 0. The molecule has 0 unspecified atom stereocenters. The Labute approximate surface area is 122 Å². The summed E-state index contributed by atoms with van der Waals surface area (Å²) in [6.07, 6.45) is 1.67. The molecule has 0 aliphatic rings. The third-order valence-corrected chi connectivity index (χ3v) is 3.42. The van der Waals surface area contributed by atoms with Crippen LogP contribution in [-0.4, -0.2) is 33.3 Å². The highest BCUT2D eigenvalue weighted by atomic mass is 16.5. The van der Waals surface area contributed by atoms with Gasteiger partial charge in [-0.3, -0.25) is 0 Å². The zero-order valence-corrected chi connectivity index (χ0v) is 12.1. The lowest BCUT2D eigenvalue weighted by Gasteiger charge is -2.09. The fraction of sp³-hybridized carbons (Fsp3) is 0.250. The van der Waals surface area contributed by atoms with Gasteiger partial charge < -0.3 is 14.8 Å². The highest BCUT2D eigenvalue weighted by Crippen LogP contribution is 2.27. The lowest BCUT2D eigenvalue weighted by molar-refractivity contribution is 0.201. The predicted molar refractivity (Wildman–Crippen MR) is 81.4 cm³/mol. The van der Waals surface area contributed by atoms with Gasteiger partial charge >= 0.3 is 0 Å². The zero-order chi connectivity index (χ0) is 14.8. The highest BCUT2D eigenvalue weighted by molar-refractivity contribution is 5.85. The SMILES string of the molecule is Cc1[nH]cnc1-c1cc(C)c2ccc(OCCO)cc2n1. The topological polar surface area (TPSA) is 71.0 Å². The van der Waals surface area contributed by atoms with Crippen LogP contribution >= 0.6 is 0 Å². The molecule has 0 radical (unpaired) electrons. The first-order chi connectivity index (χ1) is 10.2. The van der Waals surface area contributed by atoms with Gasteiger partial charge in [-0.15, -0.1) is 0 Å². The standard InChI is InChI=1S/C16H17N3O2/c1-10-7-15(16-11(2)17-9-18-16)19-14-8-12(21-6-5-20)3-4-13(10)14/h3-4,7-9,20H,5-6H2,1-2H3,(H,17,18). The number of aromatic nitrogens is 3. The summed E-state index contributed by atoms with van der Waals surface area (Å²) in [5.41, 5.74) is 4.71. The van der Waals surface area contributed by atoms with E-state index in [1.54, 1.807) is 6.33 Å². The number of benzene rings is 1. The number of hydrogen-bond acceptors (Lipinski definition) is 4. The van der Waals surface area contributed by atoms with Crippen LogP contribution in [0.3, 0.4) is 0 Å². The monoisotopic (exact) mass is 283 g/mol. The summed E-state index contributed by atoms with van der Waals surface area (Å²) in [6.45, 7) is 4.31. The number of rotatable bonds is 4. The third-order valence-electron chi connectivity index (χ3n) is 3.42. The van der Waals surface area contributed by atoms with E-state index in [4.69, 9.17) is 9.84 Å². The number of aromatic amines is 1. The summed E-state index contributed by atoms with van der Waals surface area (Å²) in [6, 6.07) is 7.82. The average Bonchev–Trinajstić information content (AvgIpc) is 2.91. The summed E-state index contributed by atoms with van der Waals surface area (Å²) in [7, 11) is 0. The lowest BCUT2D eigenvalue weighted by Crippen LogP contribution is -2.01. The molecule has 0 spiro atoms. The van der Waals surface area contributed by atoms with Crippen LogP contribution in [-0.2, 0) is 0 Å². The Kier molecular flexibility index (Phi) is 3.58. The second kappa shape index (κ2) is 5.54. The molecule has 3 aromatic rings. The molecule has 5 heteroatoms. The fourth-order valence-electron chi connectivity index (χ4n) is 2.37. The molecule has 2 heterocycles. The van der Waals surface area contributed by atoms with E-state index < -0.39 is 0 Å². The number of hydrogen-bond donors (Lipinski definition) is 2. The highest BCUT2D eigenvalue weighted by Gasteiger charge is 2.10. The van der Waals surface area contributed by atoms with E-state index in [0.29, 0.717) is 5.75 Å². The Morgan fingerprint density at radius 2 is 2.10 bits per heavy atom. The van der Waals surface area contributed by atoms with Crippen LogP contribution < -0.4 is 4.74 Å². The Morgan fingerprint density at radius 1 is 1.24 bits per heavy atom. The van der Waals surface area contributed by atoms with Crippen molar-refractivity contribution in [1.29, 1.82) is 0 Å². The predicted octanol–water partition coefficient (Wildman–Crippen LogP) is 2.61. The number of fused-ring (bicyclic) bond motifs is 1. The van der Waals surface area contributed by atoms with Crippen molar-refractivity contribution in [3.8, 4) is 17.1 Å². The maximum absolute atomic E-state index is 8.83. The number of aliphatic hydroxyl groups is 1. The van der Waals surface area contributed by atoms with Crippen molar-refractivity contribution in [2.24, 2.45) is 0 Å². The Morgan fingerprint density at radius 3 is 2.81 bits per heavy atom. The fourth-order valence-corrected chi connectivity index (χ4v) is 2.37. The molecular weight excluding hydrogens is 266 g/mol. The van der Waals surface area contributed by atoms with Crippen molar-refractivity contribution < 1.29 is 9.84 Å². The van der Waals surface area contributed by atoms with Crippen molar-refractivity contribution >= 4 is 10.9 Å². The van der Waals surface area contributed by atoms with E-state index in [2.05, 4.69) is 21.9 Å². The molecule has 2 N–H and O–H groups in total. The molecule has 0 amide bonds. The van der Waals surface area contributed by atoms with E-state index >= 15 is 0 Å². The molecule has 0 aliphatic carbocycles. The van der Waals surface area contributed by atoms with Gasteiger partial charge in [-0.05, 0) is 37.6 Å². The van der Waals surface area contributed by atoms with E-state index in [1.165, 1.54) is 0 Å². The maximum Gasteiger partial charge on any atom is 0.121 e. The molecule has 0 bridgehead atoms. The molecule has 0 saturated heterocycles. The summed E-state index contributed by atoms with van der Waals surface area (Å²) in [4.78, 5) is 12.1. The number of aliphatic hydroxyl groups excluding tert-OH is 1. The first-order valence-electron chi connectivity index (χ1n) is 6.84. The van der Waals surface area contributed by atoms with Crippen LogP contribution in [0.1, 0.15) is 11.3 Å². The van der Waals surface area contributed by atoms with Gasteiger partial charge in [0.2, 0.25) is 0 Å². The van der Waals surface area contributed by atoms with Crippen molar-refractivity contribution in [2.75, 3.05) is 13.2 Å². The first kappa shape index (κ1) is 13.6. The van der Waals surface area contributed by atoms with Crippen LogP contribution in [0.4, 0.5) is 0 Å². The minimum Gasteiger partial charge on any atom is -0.491 e. The van der Waals surface area contributed by atoms with Crippen LogP contribution in [0, 0.1) is 13.8 Å². The number of nitrogens with zero attached hydrogens (tertiary/aromatic N) is 2. The Bertz CT molecular complexity index is 780. The molecule has 108 valence electrons. The van der Waals surface area contributed by atoms with Crippen molar-refractivity contribution in [1.82, 2.24) is 15.0 Å². The quantitative estimate of drug-likeness (QED) is 0.772. The van der Waals surface area contributed by atoms with Crippen LogP contribution in [0.2, 0.25) is 0 Å². The molecule has 2 aromatic heterocycles. The molecule has 5 nitrogen and oxygen atoms in total. The number of aryl methyl sites for hydroxylation is 2. The molecule has 1 aromatic carbocycles. The normalized spacial score (nSPS) is 11.0. The number of imidazole rings is 1. The largest absolute Gasteiger partial charge is 0.491 e. The van der Waals surface area contributed by atoms with Gasteiger partial charge in [-0.1, -0.05) is 0 Å². The molecule has 3 rings (SSSR count). The van der Waals surface area contributed by atoms with Gasteiger partial charge in [0, 0.05) is 17.1 Å². The van der Waals surface area contributed by atoms with Crippen LogP contribution in [0.15, 0.2) is 30.6 Å². The molecule has 0 fully saturated rings. The smallest absolute Gasteiger partial charge is 0.121 e. The summed E-state index contributed by atoms with van der Waals surface area (Å²) in [5, 5.41) is 9.92. The van der Waals surface area contributed by atoms with E-state index in [0.717, 1.165) is 33.5 Å². The van der Waals surface area contributed by atoms with Crippen molar-refractivity contribution in [3.63, 3.8) is 0 Å². The Hall–Kier alpha value is -2.40. The van der Waals surface area contributed by atoms with Gasteiger partial charge in [0.05, 0.1) is 24.1 Å². The van der Waals surface area contributed by atoms with Crippen LogP contribution in [0.25, 0.3) is 22.3 Å². The van der Waals surface area contributed by atoms with E-state index in [1.807, 2.05) is 31.2 Å². The van der Waals surface area contributed by atoms with Crippen molar-refractivity contribution in [2.45, 2.75) is 13.8 Å². The molecule has 0 aliphatic heterocycles. The van der Waals surface area contributed by atoms with Gasteiger partial charge in [0.1, 0.15) is 18.1 Å². The molecule has 0 saturated carbocycles. The summed E-state index contributed by atoms with van der Waals surface area (Å²) in [5.74, 6) is 0.708. The minimum absolute atomic E-state index is 0.00298. The number of pyridine rings is 1. The van der Waals surface area contributed by atoms with Crippen LogP contribution in [0.5, 0.6) is 5.75 Å². The third kappa shape index (κ3) is 2.60. The van der Waals surface area contributed by atoms with Gasteiger partial charge in [-0.2, -0.15) is 0 Å². The minimum atomic E-state index is -0.00298. The van der Waals surface area contributed by atoms with E-state index in [-0.39, 0.29) is 13.2 Å². The van der Waals surface area contributed by atoms with Gasteiger partial charge in [0.15, 0.2) is 0 Å². The summed E-state index contributed by atoms with van der Waals surface area (Å²) < 4.78 is 5.45. The van der Waals surface area contributed by atoms with E-state index in [9.17, 15) is 0 Å². The second-order valence-electron chi connectivity index (χ2n) is 4.95. The Balaban J connectivity index is 2.10. The first-order valence-corrected chi connectivity index (χ1v) is 6.84. The molecule has 21 heavy (non-hydrogen) atoms. The average molecular weight is 283 g/mol. The molecule has 0 atom stereocenters. The second-order valence-corrected chi connectivity index (χ2v) is 4.95. The zero-order valence-electron chi connectivity index (χ0n) is 12.1. The number of H-pyrrole nitrogens is 1. The van der Waals surface area contributed by atoms with Gasteiger partial charge in [-0.25, -0.2) is 9.97 Å². The molecular formula is C16H17N3O2.